The zero-order chi connectivity index (χ0) is 19.2. The minimum atomic E-state index is 0.718. The Hall–Kier alpha value is -4.05. The number of para-hydroxylation sites is 2. The molecule has 0 saturated heterocycles. The van der Waals surface area contributed by atoms with Gasteiger partial charge >= 0.3 is 0 Å². The molecule has 3 heterocycles. The van der Waals surface area contributed by atoms with Gasteiger partial charge in [0.1, 0.15) is 0 Å². The molecule has 4 heteroatoms. The van der Waals surface area contributed by atoms with E-state index in [1.165, 1.54) is 0 Å². The molecule has 0 N–H and O–H groups in total. The van der Waals surface area contributed by atoms with Crippen molar-refractivity contribution in [3.63, 3.8) is 0 Å². The lowest BCUT2D eigenvalue weighted by Gasteiger charge is -2.32. The Bertz CT molecular complexity index is 1350. The van der Waals surface area contributed by atoms with Crippen LogP contribution in [0.5, 0.6) is 0 Å². The SMILES string of the molecule is c1ccc(N2c3ccccc3-c3nc(-c4ccncc4)nc4cccc2c34)cc1. The molecule has 1 aliphatic rings. The second kappa shape index (κ2) is 6.24. The summed E-state index contributed by atoms with van der Waals surface area (Å²) >= 11 is 0. The third kappa shape index (κ3) is 2.43. The van der Waals surface area contributed by atoms with Crippen LogP contribution >= 0.6 is 0 Å². The van der Waals surface area contributed by atoms with E-state index in [2.05, 4.69) is 76.6 Å². The topological polar surface area (TPSA) is 41.9 Å². The minimum Gasteiger partial charge on any atom is -0.309 e. The van der Waals surface area contributed by atoms with E-state index < -0.39 is 0 Å². The monoisotopic (exact) mass is 372 g/mol. The lowest BCUT2D eigenvalue weighted by molar-refractivity contribution is 1.19. The predicted molar refractivity (Wildman–Crippen MR) is 116 cm³/mol. The number of pyridine rings is 1. The summed E-state index contributed by atoms with van der Waals surface area (Å²) < 4.78 is 0. The van der Waals surface area contributed by atoms with E-state index in [1.807, 2.05) is 18.2 Å². The normalized spacial score (nSPS) is 12.1. The average molecular weight is 372 g/mol. The van der Waals surface area contributed by atoms with Crippen LogP contribution < -0.4 is 4.90 Å². The number of aromatic nitrogens is 3. The van der Waals surface area contributed by atoms with Gasteiger partial charge in [-0.2, -0.15) is 0 Å². The van der Waals surface area contributed by atoms with Crippen molar-refractivity contribution in [3.05, 3.63) is 97.3 Å². The molecule has 136 valence electrons. The first-order valence-corrected chi connectivity index (χ1v) is 9.56. The largest absolute Gasteiger partial charge is 0.309 e. The molecular weight excluding hydrogens is 356 g/mol. The van der Waals surface area contributed by atoms with Crippen LogP contribution in [0.25, 0.3) is 33.5 Å². The predicted octanol–water partition coefficient (Wildman–Crippen LogP) is 6.14. The minimum absolute atomic E-state index is 0.718. The highest BCUT2D eigenvalue weighted by Crippen LogP contribution is 2.49. The van der Waals surface area contributed by atoms with Gasteiger partial charge in [-0.15, -0.1) is 0 Å². The Labute approximate surface area is 168 Å². The summed E-state index contributed by atoms with van der Waals surface area (Å²) in [6.45, 7) is 0. The number of hydrogen-bond donors (Lipinski definition) is 0. The maximum absolute atomic E-state index is 5.01. The first-order valence-electron chi connectivity index (χ1n) is 9.56. The van der Waals surface area contributed by atoms with Gasteiger partial charge in [0, 0.05) is 29.2 Å². The van der Waals surface area contributed by atoms with E-state index >= 15 is 0 Å². The zero-order valence-electron chi connectivity index (χ0n) is 15.5. The van der Waals surface area contributed by atoms with Crippen molar-refractivity contribution in [3.8, 4) is 22.6 Å². The molecule has 0 bridgehead atoms. The molecule has 4 nitrogen and oxygen atoms in total. The summed E-state index contributed by atoms with van der Waals surface area (Å²) in [7, 11) is 0. The summed E-state index contributed by atoms with van der Waals surface area (Å²) in [5.41, 5.74) is 7.33. The van der Waals surface area contributed by atoms with Gasteiger partial charge in [0.15, 0.2) is 5.82 Å². The molecule has 3 aromatic carbocycles. The number of fused-ring (bicyclic) bond motifs is 2. The molecule has 0 saturated carbocycles. The van der Waals surface area contributed by atoms with Gasteiger partial charge in [0.2, 0.25) is 0 Å². The van der Waals surface area contributed by atoms with Gasteiger partial charge in [-0.05, 0) is 42.5 Å². The van der Waals surface area contributed by atoms with Crippen LogP contribution in [0.2, 0.25) is 0 Å². The molecule has 0 radical (unpaired) electrons. The molecule has 5 aromatic rings. The lowest BCUT2D eigenvalue weighted by Crippen LogP contribution is -2.16. The van der Waals surface area contributed by atoms with E-state index in [4.69, 9.17) is 9.97 Å². The molecule has 0 atom stereocenters. The summed E-state index contributed by atoms with van der Waals surface area (Å²) in [5, 5.41) is 1.08. The molecule has 2 aromatic heterocycles. The lowest BCUT2D eigenvalue weighted by atomic mass is 9.96. The van der Waals surface area contributed by atoms with Gasteiger partial charge < -0.3 is 4.90 Å². The zero-order valence-corrected chi connectivity index (χ0v) is 15.5. The van der Waals surface area contributed by atoms with Crippen LogP contribution in [0.4, 0.5) is 17.1 Å². The highest BCUT2D eigenvalue weighted by atomic mass is 15.2. The van der Waals surface area contributed by atoms with E-state index in [9.17, 15) is 0 Å². The van der Waals surface area contributed by atoms with Crippen LogP contribution in [0, 0.1) is 0 Å². The van der Waals surface area contributed by atoms with Gasteiger partial charge in [-0.25, -0.2) is 9.97 Å². The van der Waals surface area contributed by atoms with Gasteiger partial charge in [0.25, 0.3) is 0 Å². The Morgan fingerprint density at radius 1 is 0.621 bits per heavy atom. The molecule has 0 spiro atoms. The van der Waals surface area contributed by atoms with Gasteiger partial charge in [-0.1, -0.05) is 42.5 Å². The fraction of sp³-hybridized carbons (Fsp3) is 0. The molecule has 29 heavy (non-hydrogen) atoms. The summed E-state index contributed by atoms with van der Waals surface area (Å²) in [6, 6.07) is 29.0. The fourth-order valence-electron chi connectivity index (χ4n) is 4.03. The Balaban J connectivity index is 1.71. The third-order valence-electron chi connectivity index (χ3n) is 5.30. The summed E-state index contributed by atoms with van der Waals surface area (Å²) in [6.07, 6.45) is 3.55. The second-order valence-electron chi connectivity index (χ2n) is 6.99. The molecule has 0 aliphatic carbocycles. The number of nitrogens with zero attached hydrogens (tertiary/aromatic N) is 4. The van der Waals surface area contributed by atoms with Crippen molar-refractivity contribution in [2.75, 3.05) is 4.90 Å². The number of anilines is 3. The highest BCUT2D eigenvalue weighted by Gasteiger charge is 2.27. The molecule has 0 amide bonds. The van der Waals surface area contributed by atoms with Crippen LogP contribution in [-0.2, 0) is 0 Å². The highest BCUT2D eigenvalue weighted by molar-refractivity contribution is 6.11. The van der Waals surface area contributed by atoms with Crippen molar-refractivity contribution in [1.29, 1.82) is 0 Å². The Morgan fingerprint density at radius 2 is 1.38 bits per heavy atom. The molecule has 6 rings (SSSR count). The molecule has 0 unspecified atom stereocenters. The summed E-state index contributed by atoms with van der Waals surface area (Å²) in [4.78, 5) is 16.3. The van der Waals surface area contributed by atoms with Crippen molar-refractivity contribution >= 4 is 28.0 Å². The van der Waals surface area contributed by atoms with Crippen LogP contribution in [0.3, 0.4) is 0 Å². The summed E-state index contributed by atoms with van der Waals surface area (Å²) in [5.74, 6) is 0.718. The quantitative estimate of drug-likeness (QED) is 0.366. The van der Waals surface area contributed by atoms with Crippen molar-refractivity contribution in [2.45, 2.75) is 0 Å². The van der Waals surface area contributed by atoms with E-state index in [1.54, 1.807) is 12.4 Å². The first kappa shape index (κ1) is 16.0. The first-order chi connectivity index (χ1) is 14.4. The Kier molecular flexibility index (Phi) is 3.43. The average Bonchev–Trinajstić information content (AvgIpc) is 2.80. The number of benzene rings is 3. The van der Waals surface area contributed by atoms with E-state index in [-0.39, 0.29) is 0 Å². The van der Waals surface area contributed by atoms with Crippen molar-refractivity contribution in [1.82, 2.24) is 15.0 Å². The van der Waals surface area contributed by atoms with E-state index in [0.29, 0.717) is 0 Å². The van der Waals surface area contributed by atoms with Crippen molar-refractivity contribution in [2.24, 2.45) is 0 Å². The molecule has 1 aliphatic heterocycles. The van der Waals surface area contributed by atoms with Crippen LogP contribution in [-0.4, -0.2) is 15.0 Å². The number of hydrogen-bond acceptors (Lipinski definition) is 4. The third-order valence-corrected chi connectivity index (χ3v) is 5.30. The van der Waals surface area contributed by atoms with E-state index in [0.717, 1.165) is 50.6 Å². The number of rotatable bonds is 2. The van der Waals surface area contributed by atoms with Gasteiger partial charge in [-0.3, -0.25) is 4.98 Å². The maximum atomic E-state index is 5.01. The smallest absolute Gasteiger partial charge is 0.160 e. The molecular formula is C25H16N4. The molecule has 0 fully saturated rings. The second-order valence-corrected chi connectivity index (χ2v) is 6.99. The fourth-order valence-corrected chi connectivity index (χ4v) is 4.03. The standard InChI is InChI=1S/C25H16N4/c1-2-7-18(8-3-1)29-21-11-5-4-9-19(21)24-23-20(10-6-12-22(23)29)27-25(28-24)17-13-15-26-16-14-17/h1-16H. The van der Waals surface area contributed by atoms with Gasteiger partial charge in [0.05, 0.1) is 28.0 Å². The maximum Gasteiger partial charge on any atom is 0.160 e. The van der Waals surface area contributed by atoms with Crippen molar-refractivity contribution < 1.29 is 0 Å². The van der Waals surface area contributed by atoms with Crippen LogP contribution in [0.15, 0.2) is 97.3 Å². The van der Waals surface area contributed by atoms with Crippen LogP contribution in [0.1, 0.15) is 0 Å². The Morgan fingerprint density at radius 3 is 2.24 bits per heavy atom.